The Bertz CT molecular complexity index is 1280. The van der Waals surface area contributed by atoms with Crippen molar-refractivity contribution in [1.82, 2.24) is 3.97 Å². The maximum Gasteiger partial charge on any atom is 0.268 e. The first-order valence-corrected chi connectivity index (χ1v) is 10.5. The molecule has 3 aromatic carbocycles. The van der Waals surface area contributed by atoms with E-state index in [4.69, 9.17) is 0 Å². The second-order valence-corrected chi connectivity index (χ2v) is 8.87. The van der Waals surface area contributed by atoms with E-state index < -0.39 is 10.0 Å². The Morgan fingerprint density at radius 3 is 2.33 bits per heavy atom. The molecule has 0 amide bonds. The van der Waals surface area contributed by atoms with E-state index in [1.54, 1.807) is 16.1 Å². The summed E-state index contributed by atoms with van der Waals surface area (Å²) in [5, 5.41) is 1.03. The summed E-state index contributed by atoms with van der Waals surface area (Å²) in [6.45, 7) is 1.96. The van der Waals surface area contributed by atoms with Crippen molar-refractivity contribution >= 4 is 20.9 Å². The zero-order valence-electron chi connectivity index (χ0n) is 15.0. The molecule has 1 aromatic heterocycles. The quantitative estimate of drug-likeness (QED) is 0.498. The lowest BCUT2D eigenvalue weighted by Crippen LogP contribution is -2.16. The molecule has 27 heavy (non-hydrogen) atoms. The van der Waals surface area contributed by atoms with Crippen LogP contribution < -0.4 is 0 Å². The summed E-state index contributed by atoms with van der Waals surface area (Å²) < 4.78 is 28.9. The number of hydrogen-bond donors (Lipinski definition) is 0. The van der Waals surface area contributed by atoms with Crippen LogP contribution in [0.4, 0.5) is 0 Å². The largest absolute Gasteiger partial charge is 0.268 e. The van der Waals surface area contributed by atoms with Gasteiger partial charge in [0.25, 0.3) is 10.0 Å². The van der Waals surface area contributed by atoms with Crippen LogP contribution in [0.2, 0.25) is 0 Å². The van der Waals surface area contributed by atoms with Gasteiger partial charge < -0.3 is 0 Å². The number of aromatic nitrogens is 1. The average molecular weight is 373 g/mol. The van der Waals surface area contributed by atoms with Gasteiger partial charge in [-0.05, 0) is 49.1 Å². The predicted octanol–water partition coefficient (Wildman–Crippen LogP) is 4.95. The zero-order chi connectivity index (χ0) is 18.6. The highest BCUT2D eigenvalue weighted by Crippen LogP contribution is 2.41. The van der Waals surface area contributed by atoms with Crippen molar-refractivity contribution in [2.75, 3.05) is 0 Å². The number of nitrogens with zero attached hydrogens (tertiary/aromatic N) is 1. The number of aryl methyl sites for hydroxylation is 3. The number of fused-ring (bicyclic) bond motifs is 5. The van der Waals surface area contributed by atoms with Crippen LogP contribution in [-0.2, 0) is 22.9 Å². The Morgan fingerprint density at radius 2 is 1.52 bits per heavy atom. The summed E-state index contributed by atoms with van der Waals surface area (Å²) in [5.74, 6) is 0. The van der Waals surface area contributed by atoms with Crippen LogP contribution in [0, 0.1) is 6.92 Å². The van der Waals surface area contributed by atoms with E-state index in [2.05, 4.69) is 6.07 Å². The van der Waals surface area contributed by atoms with Gasteiger partial charge >= 0.3 is 0 Å². The van der Waals surface area contributed by atoms with Crippen molar-refractivity contribution in [3.05, 3.63) is 89.5 Å². The highest BCUT2D eigenvalue weighted by Gasteiger charge is 2.30. The second-order valence-electron chi connectivity index (χ2n) is 7.08. The van der Waals surface area contributed by atoms with Crippen LogP contribution in [0.15, 0.2) is 77.7 Å². The third kappa shape index (κ3) is 2.37. The molecular formula is C23H19NO2S. The van der Waals surface area contributed by atoms with Crippen LogP contribution in [0.5, 0.6) is 0 Å². The molecule has 1 aliphatic carbocycles. The van der Waals surface area contributed by atoms with Crippen molar-refractivity contribution in [1.29, 1.82) is 0 Å². The van der Waals surface area contributed by atoms with Crippen molar-refractivity contribution in [3.63, 3.8) is 0 Å². The van der Waals surface area contributed by atoms with Gasteiger partial charge in [-0.25, -0.2) is 12.4 Å². The van der Waals surface area contributed by atoms with Gasteiger partial charge in [0.15, 0.2) is 0 Å². The lowest BCUT2D eigenvalue weighted by molar-refractivity contribution is 0.589. The highest BCUT2D eigenvalue weighted by atomic mass is 32.2. The van der Waals surface area contributed by atoms with Gasteiger partial charge in [0.2, 0.25) is 0 Å². The molecule has 134 valence electrons. The molecule has 0 unspecified atom stereocenters. The first kappa shape index (κ1) is 16.3. The van der Waals surface area contributed by atoms with Gasteiger partial charge in [-0.2, -0.15) is 0 Å². The van der Waals surface area contributed by atoms with E-state index in [0.29, 0.717) is 4.90 Å². The summed E-state index contributed by atoms with van der Waals surface area (Å²) in [7, 11) is -3.71. The van der Waals surface area contributed by atoms with E-state index in [9.17, 15) is 8.42 Å². The minimum absolute atomic E-state index is 0.319. The molecule has 0 spiro atoms. The summed E-state index contributed by atoms with van der Waals surface area (Å²) >= 11 is 0. The maximum atomic E-state index is 13.7. The number of para-hydroxylation sites is 1. The summed E-state index contributed by atoms with van der Waals surface area (Å²) in [4.78, 5) is 0.319. The Balaban J connectivity index is 1.90. The van der Waals surface area contributed by atoms with E-state index in [0.717, 1.165) is 46.1 Å². The van der Waals surface area contributed by atoms with Crippen LogP contribution in [0.3, 0.4) is 0 Å². The highest BCUT2D eigenvalue weighted by molar-refractivity contribution is 7.90. The molecule has 4 aromatic rings. The summed E-state index contributed by atoms with van der Waals surface area (Å²) in [5.41, 5.74) is 5.95. The van der Waals surface area contributed by atoms with Crippen molar-refractivity contribution < 1.29 is 8.42 Å². The molecule has 0 N–H and O–H groups in total. The molecule has 0 saturated carbocycles. The minimum Gasteiger partial charge on any atom is -0.233 e. The fraction of sp³-hybridized carbons (Fsp3) is 0.130. The zero-order valence-corrected chi connectivity index (χ0v) is 15.8. The standard InChI is InChI=1S/C23H19NO2S/c1-16-10-13-18(14-11-16)27(25,26)24-22-9-5-4-8-20(22)21-15-12-17-6-2-3-7-19(17)23(21)24/h2-11,13-14H,12,15H2,1H3. The lowest BCUT2D eigenvalue weighted by atomic mass is 9.89. The topological polar surface area (TPSA) is 39.1 Å². The molecule has 0 saturated heterocycles. The van der Waals surface area contributed by atoms with Gasteiger partial charge in [-0.1, -0.05) is 60.2 Å². The molecule has 1 heterocycles. The Labute approximate surface area is 158 Å². The number of rotatable bonds is 2. The number of benzene rings is 3. The van der Waals surface area contributed by atoms with Gasteiger partial charge in [0, 0.05) is 10.9 Å². The molecule has 0 radical (unpaired) electrons. The molecule has 0 aliphatic heterocycles. The Morgan fingerprint density at radius 1 is 0.815 bits per heavy atom. The van der Waals surface area contributed by atoms with Gasteiger partial charge in [-0.15, -0.1) is 0 Å². The molecule has 0 bridgehead atoms. The second kappa shape index (κ2) is 5.83. The SMILES string of the molecule is Cc1ccc(S(=O)(=O)n2c3c(c4ccccc42)CCc2ccccc2-3)cc1. The average Bonchev–Trinajstić information content (AvgIpc) is 3.04. The molecule has 1 aliphatic rings. The normalized spacial score (nSPS) is 13.4. The maximum absolute atomic E-state index is 13.7. The molecule has 0 atom stereocenters. The number of hydrogen-bond acceptors (Lipinski definition) is 2. The predicted molar refractivity (Wildman–Crippen MR) is 109 cm³/mol. The fourth-order valence-corrected chi connectivity index (χ4v) is 5.65. The van der Waals surface area contributed by atoms with E-state index in [1.165, 1.54) is 5.56 Å². The van der Waals surface area contributed by atoms with Crippen LogP contribution in [0.1, 0.15) is 16.7 Å². The third-order valence-corrected chi connectivity index (χ3v) is 7.14. The van der Waals surface area contributed by atoms with Gasteiger partial charge in [0.05, 0.1) is 16.1 Å². The summed E-state index contributed by atoms with van der Waals surface area (Å²) in [6.07, 6.45) is 1.78. The van der Waals surface area contributed by atoms with Crippen molar-refractivity contribution in [2.24, 2.45) is 0 Å². The van der Waals surface area contributed by atoms with Crippen molar-refractivity contribution in [2.45, 2.75) is 24.7 Å². The van der Waals surface area contributed by atoms with E-state index in [1.807, 2.05) is 61.5 Å². The molecule has 5 rings (SSSR count). The van der Waals surface area contributed by atoms with Gasteiger partial charge in [0.1, 0.15) is 0 Å². The monoisotopic (exact) mass is 373 g/mol. The molecule has 3 nitrogen and oxygen atoms in total. The van der Waals surface area contributed by atoms with E-state index in [-0.39, 0.29) is 0 Å². The Kier molecular flexibility index (Phi) is 3.52. The third-order valence-electron chi connectivity index (χ3n) is 5.41. The minimum atomic E-state index is -3.71. The first-order chi connectivity index (χ1) is 13.1. The molecule has 4 heteroatoms. The lowest BCUT2D eigenvalue weighted by Gasteiger charge is -2.20. The summed E-state index contributed by atoms with van der Waals surface area (Å²) in [6, 6.07) is 23.0. The fourth-order valence-electron chi connectivity index (χ4n) is 4.10. The van der Waals surface area contributed by atoms with Crippen molar-refractivity contribution in [3.8, 4) is 11.3 Å². The smallest absolute Gasteiger partial charge is 0.233 e. The van der Waals surface area contributed by atoms with E-state index >= 15 is 0 Å². The van der Waals surface area contributed by atoms with Crippen LogP contribution in [-0.4, -0.2) is 12.4 Å². The Hall–Kier alpha value is -2.85. The molecule has 0 fully saturated rings. The molecular weight excluding hydrogens is 354 g/mol. The van der Waals surface area contributed by atoms with Gasteiger partial charge in [-0.3, -0.25) is 0 Å². The van der Waals surface area contributed by atoms with Crippen LogP contribution >= 0.6 is 0 Å². The first-order valence-electron chi connectivity index (χ1n) is 9.10. The van der Waals surface area contributed by atoms with Crippen LogP contribution in [0.25, 0.3) is 22.2 Å².